The third-order valence-corrected chi connectivity index (χ3v) is 6.02. The summed E-state index contributed by atoms with van der Waals surface area (Å²) in [6, 6.07) is 8.04. The highest BCUT2D eigenvalue weighted by Crippen LogP contribution is 2.42. The predicted molar refractivity (Wildman–Crippen MR) is 107 cm³/mol. The van der Waals surface area contributed by atoms with Crippen LogP contribution in [0.15, 0.2) is 24.3 Å². The van der Waals surface area contributed by atoms with E-state index in [4.69, 9.17) is 15.2 Å². The Balaban J connectivity index is 1.61. The molecule has 1 aromatic heterocycles. The number of ether oxygens (including phenoxy) is 2. The fourth-order valence-corrected chi connectivity index (χ4v) is 4.86. The number of carbonyl (C=O) groups is 2. The third-order valence-electron chi connectivity index (χ3n) is 4.92. The van der Waals surface area contributed by atoms with Gasteiger partial charge in [-0.15, -0.1) is 11.3 Å². The molecule has 2 N–H and O–H groups in total. The molecule has 6 nitrogen and oxygen atoms in total. The van der Waals surface area contributed by atoms with Crippen molar-refractivity contribution in [1.29, 1.82) is 0 Å². The van der Waals surface area contributed by atoms with Crippen molar-refractivity contribution in [2.45, 2.75) is 52.0 Å². The Hall–Kier alpha value is -2.38. The molecule has 1 aromatic carbocycles. The van der Waals surface area contributed by atoms with E-state index in [1.165, 1.54) is 11.3 Å². The van der Waals surface area contributed by atoms with Gasteiger partial charge in [0.2, 0.25) is 0 Å². The van der Waals surface area contributed by atoms with E-state index >= 15 is 0 Å². The lowest BCUT2D eigenvalue weighted by atomic mass is 10.0. The van der Waals surface area contributed by atoms with E-state index in [-0.39, 0.29) is 5.91 Å². The van der Waals surface area contributed by atoms with Crippen molar-refractivity contribution in [1.82, 2.24) is 4.90 Å². The first-order valence-corrected chi connectivity index (χ1v) is 10.2. The normalized spacial score (nSPS) is 18.5. The van der Waals surface area contributed by atoms with E-state index in [0.717, 1.165) is 21.6 Å². The zero-order valence-electron chi connectivity index (χ0n) is 16.3. The summed E-state index contributed by atoms with van der Waals surface area (Å²) in [5, 5.41) is 0.382. The second kappa shape index (κ2) is 6.90. The number of rotatable bonds is 2. The van der Waals surface area contributed by atoms with Gasteiger partial charge in [0.25, 0.3) is 5.91 Å². The highest BCUT2D eigenvalue weighted by molar-refractivity contribution is 7.16. The van der Waals surface area contributed by atoms with Crippen LogP contribution >= 0.6 is 11.3 Å². The third kappa shape index (κ3) is 3.40. The van der Waals surface area contributed by atoms with Crippen LogP contribution in [0, 0.1) is 0 Å². The molecule has 0 saturated heterocycles. The molecule has 2 aliphatic rings. The van der Waals surface area contributed by atoms with Gasteiger partial charge in [-0.05, 0) is 43.9 Å². The van der Waals surface area contributed by atoms with Gasteiger partial charge in [0, 0.05) is 18.0 Å². The van der Waals surface area contributed by atoms with Gasteiger partial charge in [0.1, 0.15) is 10.6 Å². The SMILES string of the molecule is CC(C)(C)OC(=O)c1c(N)sc2c1CCOC2C(=O)N1Cc2ccccc2C1. The number of carbonyl (C=O) groups excluding carboxylic acids is 2. The Morgan fingerprint density at radius 1 is 1.21 bits per heavy atom. The molecule has 4 rings (SSSR count). The second-order valence-corrected chi connectivity index (χ2v) is 9.23. The van der Waals surface area contributed by atoms with E-state index < -0.39 is 17.7 Å². The van der Waals surface area contributed by atoms with Crippen molar-refractivity contribution in [3.63, 3.8) is 0 Å². The van der Waals surface area contributed by atoms with Gasteiger partial charge in [-0.25, -0.2) is 4.79 Å². The van der Waals surface area contributed by atoms with Gasteiger partial charge in [-0.3, -0.25) is 4.79 Å². The number of nitrogens with two attached hydrogens (primary N) is 1. The zero-order valence-corrected chi connectivity index (χ0v) is 17.1. The largest absolute Gasteiger partial charge is 0.456 e. The summed E-state index contributed by atoms with van der Waals surface area (Å²) in [6.45, 7) is 6.98. The Bertz CT molecular complexity index is 919. The maximum absolute atomic E-state index is 13.2. The highest BCUT2D eigenvalue weighted by Gasteiger charge is 2.38. The quantitative estimate of drug-likeness (QED) is 0.781. The molecule has 28 heavy (non-hydrogen) atoms. The molecule has 0 aliphatic carbocycles. The first-order chi connectivity index (χ1) is 13.2. The molecule has 0 saturated carbocycles. The van der Waals surface area contributed by atoms with Crippen LogP contribution in [0.2, 0.25) is 0 Å². The van der Waals surface area contributed by atoms with E-state index in [9.17, 15) is 9.59 Å². The van der Waals surface area contributed by atoms with E-state index in [1.54, 1.807) is 4.90 Å². The number of anilines is 1. The number of benzene rings is 1. The summed E-state index contributed by atoms with van der Waals surface area (Å²) in [6.07, 6.45) is -0.178. The van der Waals surface area contributed by atoms with Crippen LogP contribution in [0.3, 0.4) is 0 Å². The number of thiophene rings is 1. The second-order valence-electron chi connectivity index (χ2n) is 8.15. The minimum atomic E-state index is -0.721. The fourth-order valence-electron chi connectivity index (χ4n) is 3.71. The number of hydrogen-bond donors (Lipinski definition) is 1. The molecular formula is C21H24N2O4S. The van der Waals surface area contributed by atoms with Crippen molar-refractivity contribution in [2.75, 3.05) is 12.3 Å². The van der Waals surface area contributed by atoms with Gasteiger partial charge in [-0.1, -0.05) is 24.3 Å². The van der Waals surface area contributed by atoms with Crippen LogP contribution in [0.25, 0.3) is 0 Å². The van der Waals surface area contributed by atoms with Crippen molar-refractivity contribution in [3.05, 3.63) is 51.4 Å². The summed E-state index contributed by atoms with van der Waals surface area (Å²) < 4.78 is 11.4. The molecule has 0 fully saturated rings. The Labute approximate surface area is 168 Å². The van der Waals surface area contributed by atoms with Gasteiger partial charge in [-0.2, -0.15) is 0 Å². The van der Waals surface area contributed by atoms with Gasteiger partial charge >= 0.3 is 5.97 Å². The minimum Gasteiger partial charge on any atom is -0.456 e. The van der Waals surface area contributed by atoms with Crippen LogP contribution in [-0.2, 0) is 33.8 Å². The summed E-state index contributed by atoms with van der Waals surface area (Å²) in [4.78, 5) is 28.4. The van der Waals surface area contributed by atoms with Crippen LogP contribution in [0.5, 0.6) is 0 Å². The van der Waals surface area contributed by atoms with Gasteiger partial charge in [0.05, 0.1) is 12.2 Å². The van der Waals surface area contributed by atoms with Crippen molar-refractivity contribution in [3.8, 4) is 0 Å². The van der Waals surface area contributed by atoms with Crippen LogP contribution in [0.1, 0.15) is 58.8 Å². The van der Waals surface area contributed by atoms with Crippen LogP contribution in [0.4, 0.5) is 5.00 Å². The molecule has 1 amide bonds. The molecule has 1 unspecified atom stereocenters. The lowest BCUT2D eigenvalue weighted by Gasteiger charge is -2.27. The monoisotopic (exact) mass is 400 g/mol. The number of nitrogens with zero attached hydrogens (tertiary/aromatic N) is 1. The molecule has 0 spiro atoms. The molecule has 1 atom stereocenters. The fraction of sp³-hybridized carbons (Fsp3) is 0.429. The maximum Gasteiger partial charge on any atom is 0.341 e. The summed E-state index contributed by atoms with van der Waals surface area (Å²) >= 11 is 1.25. The topological polar surface area (TPSA) is 81.9 Å². The van der Waals surface area contributed by atoms with E-state index in [2.05, 4.69) is 0 Å². The molecule has 148 valence electrons. The molecule has 0 radical (unpaired) electrons. The average Bonchev–Trinajstić information content (AvgIpc) is 3.19. The molecular weight excluding hydrogens is 376 g/mol. The van der Waals surface area contributed by atoms with E-state index in [1.807, 2.05) is 45.0 Å². The maximum atomic E-state index is 13.2. The number of fused-ring (bicyclic) bond motifs is 2. The lowest BCUT2D eigenvalue weighted by molar-refractivity contribution is -0.145. The Morgan fingerprint density at radius 3 is 2.46 bits per heavy atom. The van der Waals surface area contributed by atoms with Gasteiger partial charge in [0.15, 0.2) is 6.10 Å². The smallest absolute Gasteiger partial charge is 0.341 e. The summed E-state index contributed by atoms with van der Waals surface area (Å²) in [5.74, 6) is -0.529. The van der Waals surface area contributed by atoms with E-state index in [0.29, 0.717) is 36.7 Å². The summed E-state index contributed by atoms with van der Waals surface area (Å²) in [7, 11) is 0. The number of nitrogen functional groups attached to an aromatic ring is 1. The van der Waals surface area contributed by atoms with Crippen LogP contribution < -0.4 is 5.73 Å². The summed E-state index contributed by atoms with van der Waals surface area (Å²) in [5.41, 5.74) is 9.05. The number of amides is 1. The predicted octanol–water partition coefficient (Wildman–Crippen LogP) is 3.44. The zero-order chi connectivity index (χ0) is 20.1. The highest BCUT2D eigenvalue weighted by atomic mass is 32.1. The number of hydrogen-bond acceptors (Lipinski definition) is 6. The standard InChI is InChI=1S/C21H24N2O4S/c1-21(2,3)27-20(25)15-14-8-9-26-16(17(14)28-18(15)22)19(24)23-10-12-6-4-5-7-13(12)11-23/h4-7,16H,8-11,22H2,1-3H3. The van der Waals surface area contributed by atoms with Crippen LogP contribution in [-0.4, -0.2) is 29.0 Å². The number of esters is 1. The first-order valence-electron chi connectivity index (χ1n) is 9.36. The Morgan fingerprint density at radius 2 is 1.86 bits per heavy atom. The van der Waals surface area contributed by atoms with Crippen molar-refractivity contribution < 1.29 is 19.1 Å². The molecule has 7 heteroatoms. The van der Waals surface area contributed by atoms with Crippen molar-refractivity contribution in [2.24, 2.45) is 0 Å². The molecule has 2 aliphatic heterocycles. The van der Waals surface area contributed by atoms with Crippen molar-refractivity contribution >= 4 is 28.2 Å². The molecule has 2 aromatic rings. The van der Waals surface area contributed by atoms with Gasteiger partial charge < -0.3 is 20.1 Å². The molecule has 3 heterocycles. The first kappa shape index (κ1) is 19.0. The Kier molecular flexibility index (Phi) is 4.67. The minimum absolute atomic E-state index is 0.0888. The lowest BCUT2D eigenvalue weighted by Crippen LogP contribution is -2.34. The molecule has 0 bridgehead atoms. The average molecular weight is 401 g/mol.